The third kappa shape index (κ3) is 2.91. The van der Waals surface area contributed by atoms with E-state index >= 15 is 0 Å². The molecule has 2 fully saturated rings. The lowest BCUT2D eigenvalue weighted by molar-refractivity contribution is -0.102. The zero-order chi connectivity index (χ0) is 14.9. The number of hydrogen-bond acceptors (Lipinski definition) is 2. The number of rotatable bonds is 4. The van der Waals surface area contributed by atoms with Gasteiger partial charge in [-0.15, -0.1) is 0 Å². The minimum Gasteiger partial charge on any atom is -0.490 e. The zero-order valence-electron chi connectivity index (χ0n) is 12.5. The first-order chi connectivity index (χ1) is 10.2. The van der Waals surface area contributed by atoms with Gasteiger partial charge in [-0.05, 0) is 31.5 Å². The lowest BCUT2D eigenvalue weighted by atomic mass is 9.55. The Kier molecular flexibility index (Phi) is 4.68. The molecule has 0 amide bonds. The highest BCUT2D eigenvalue weighted by Gasteiger charge is 2.56. The molecule has 2 atom stereocenters. The van der Waals surface area contributed by atoms with Gasteiger partial charge >= 0.3 is 0 Å². The first-order valence-electron chi connectivity index (χ1n) is 8.01. The molecule has 1 aromatic rings. The van der Waals surface area contributed by atoms with Gasteiger partial charge in [0.1, 0.15) is 11.9 Å². The van der Waals surface area contributed by atoms with Crippen LogP contribution in [0, 0.1) is 5.41 Å². The predicted molar refractivity (Wildman–Crippen MR) is 88.5 cm³/mol. The highest BCUT2D eigenvalue weighted by atomic mass is 35.5. The molecule has 1 aromatic carbocycles. The third-order valence-electron chi connectivity index (χ3n) is 5.19. The summed E-state index contributed by atoms with van der Waals surface area (Å²) < 4.78 is 6.27. The first kappa shape index (κ1) is 15.5. The molecule has 2 aliphatic carbocycles. The summed E-state index contributed by atoms with van der Waals surface area (Å²) in [6.07, 6.45) is 7.95. The topological polar surface area (TPSA) is 21.3 Å². The second-order valence-electron chi connectivity index (χ2n) is 6.32. The maximum atomic E-state index is 6.27. The summed E-state index contributed by atoms with van der Waals surface area (Å²) in [6, 6.07) is 6.18. The molecule has 4 heteroatoms. The van der Waals surface area contributed by atoms with Crippen LogP contribution in [0.3, 0.4) is 0 Å². The molecule has 0 aliphatic heterocycles. The fourth-order valence-electron chi connectivity index (χ4n) is 4.04. The standard InChI is InChI=1S/C17H23Cl2NO/c1-2-20-15-11-16(17(15)8-4-3-5-9-17)21-12-6-7-13(18)14(19)10-12/h6-7,10,15-16,20H,2-5,8-9,11H2,1H3. The van der Waals surface area contributed by atoms with E-state index in [0.29, 0.717) is 27.6 Å². The minimum atomic E-state index is 0.305. The van der Waals surface area contributed by atoms with Crippen molar-refractivity contribution >= 4 is 23.2 Å². The molecule has 0 aromatic heterocycles. The predicted octanol–water partition coefficient (Wildman–Crippen LogP) is 5.07. The molecule has 1 N–H and O–H groups in total. The van der Waals surface area contributed by atoms with Crippen LogP contribution in [0.5, 0.6) is 5.75 Å². The van der Waals surface area contributed by atoms with Crippen molar-refractivity contribution in [1.29, 1.82) is 0 Å². The second-order valence-corrected chi connectivity index (χ2v) is 7.14. The smallest absolute Gasteiger partial charge is 0.121 e. The Bertz CT molecular complexity index is 500. The Hall–Kier alpha value is -0.440. The van der Waals surface area contributed by atoms with Crippen molar-refractivity contribution in [3.8, 4) is 5.75 Å². The molecule has 2 unspecified atom stereocenters. The Balaban J connectivity index is 1.73. The summed E-state index contributed by atoms with van der Waals surface area (Å²) in [7, 11) is 0. The van der Waals surface area contributed by atoms with Gasteiger partial charge in [0.25, 0.3) is 0 Å². The highest BCUT2D eigenvalue weighted by molar-refractivity contribution is 6.42. The Morgan fingerprint density at radius 1 is 1.19 bits per heavy atom. The molecule has 2 saturated carbocycles. The van der Waals surface area contributed by atoms with Gasteiger partial charge in [-0.2, -0.15) is 0 Å². The second kappa shape index (κ2) is 6.36. The lowest BCUT2D eigenvalue weighted by Crippen LogP contribution is -2.65. The average molecular weight is 328 g/mol. The summed E-state index contributed by atoms with van der Waals surface area (Å²) in [5.41, 5.74) is 0.320. The van der Waals surface area contributed by atoms with Crippen molar-refractivity contribution in [1.82, 2.24) is 5.32 Å². The van der Waals surface area contributed by atoms with Gasteiger partial charge in [0, 0.05) is 23.9 Å². The number of halogens is 2. The quantitative estimate of drug-likeness (QED) is 0.833. The molecule has 0 bridgehead atoms. The monoisotopic (exact) mass is 327 g/mol. The van der Waals surface area contributed by atoms with Gasteiger partial charge < -0.3 is 10.1 Å². The van der Waals surface area contributed by atoms with Crippen LogP contribution in [0.1, 0.15) is 45.4 Å². The molecular weight excluding hydrogens is 305 g/mol. The van der Waals surface area contributed by atoms with Gasteiger partial charge in [-0.3, -0.25) is 0 Å². The first-order valence-corrected chi connectivity index (χ1v) is 8.76. The van der Waals surface area contributed by atoms with Crippen LogP contribution < -0.4 is 10.1 Å². The van der Waals surface area contributed by atoms with E-state index in [1.165, 1.54) is 32.1 Å². The van der Waals surface area contributed by atoms with E-state index in [1.54, 1.807) is 0 Å². The van der Waals surface area contributed by atoms with E-state index in [1.807, 2.05) is 18.2 Å². The van der Waals surface area contributed by atoms with Gasteiger partial charge in [0.05, 0.1) is 10.0 Å². The normalized spacial score (nSPS) is 27.4. The van der Waals surface area contributed by atoms with Crippen molar-refractivity contribution in [2.75, 3.05) is 6.54 Å². The van der Waals surface area contributed by atoms with Gasteiger partial charge in [0.2, 0.25) is 0 Å². The maximum absolute atomic E-state index is 6.27. The minimum absolute atomic E-state index is 0.305. The van der Waals surface area contributed by atoms with Crippen molar-refractivity contribution < 1.29 is 4.74 Å². The summed E-state index contributed by atoms with van der Waals surface area (Å²) in [6.45, 7) is 3.22. The van der Waals surface area contributed by atoms with Crippen LogP contribution >= 0.6 is 23.2 Å². The van der Waals surface area contributed by atoms with E-state index in [4.69, 9.17) is 27.9 Å². The van der Waals surface area contributed by atoms with Crippen LogP contribution in [0.15, 0.2) is 18.2 Å². The molecule has 116 valence electrons. The van der Waals surface area contributed by atoms with E-state index in [2.05, 4.69) is 12.2 Å². The molecule has 0 saturated heterocycles. The van der Waals surface area contributed by atoms with Crippen molar-refractivity contribution in [3.05, 3.63) is 28.2 Å². The van der Waals surface area contributed by atoms with Crippen LogP contribution in [-0.2, 0) is 0 Å². The van der Waals surface area contributed by atoms with Crippen molar-refractivity contribution in [2.24, 2.45) is 5.41 Å². The summed E-state index contributed by atoms with van der Waals surface area (Å²) in [4.78, 5) is 0. The van der Waals surface area contributed by atoms with Crippen LogP contribution in [-0.4, -0.2) is 18.7 Å². The molecule has 2 nitrogen and oxygen atoms in total. The molecule has 1 spiro atoms. The van der Waals surface area contributed by atoms with E-state index < -0.39 is 0 Å². The maximum Gasteiger partial charge on any atom is 0.121 e. The van der Waals surface area contributed by atoms with E-state index in [9.17, 15) is 0 Å². The summed E-state index contributed by atoms with van der Waals surface area (Å²) in [5.74, 6) is 0.842. The number of hydrogen-bond donors (Lipinski definition) is 1. The van der Waals surface area contributed by atoms with E-state index in [0.717, 1.165) is 18.7 Å². The lowest BCUT2D eigenvalue weighted by Gasteiger charge is -2.57. The Morgan fingerprint density at radius 3 is 2.62 bits per heavy atom. The fraction of sp³-hybridized carbons (Fsp3) is 0.647. The number of ether oxygens (including phenoxy) is 1. The summed E-state index contributed by atoms with van der Waals surface area (Å²) in [5, 5.41) is 4.80. The molecule has 0 heterocycles. The van der Waals surface area contributed by atoms with Crippen LogP contribution in [0.2, 0.25) is 10.0 Å². The molecule has 21 heavy (non-hydrogen) atoms. The van der Waals surface area contributed by atoms with Gasteiger partial charge in [-0.1, -0.05) is 49.4 Å². The van der Waals surface area contributed by atoms with Gasteiger partial charge in [0.15, 0.2) is 0 Å². The SMILES string of the molecule is CCNC1CC(Oc2ccc(Cl)c(Cl)c2)C12CCCCC2. The number of benzene rings is 1. The average Bonchev–Trinajstić information content (AvgIpc) is 2.50. The summed E-state index contributed by atoms with van der Waals surface area (Å²) >= 11 is 12.1. The molecule has 2 aliphatic rings. The fourth-order valence-corrected chi connectivity index (χ4v) is 4.33. The van der Waals surface area contributed by atoms with Crippen LogP contribution in [0.25, 0.3) is 0 Å². The van der Waals surface area contributed by atoms with Crippen molar-refractivity contribution in [2.45, 2.75) is 57.6 Å². The molecular formula is C17H23Cl2NO. The molecule has 0 radical (unpaired) electrons. The van der Waals surface area contributed by atoms with Gasteiger partial charge in [-0.25, -0.2) is 0 Å². The molecule has 3 rings (SSSR count). The largest absolute Gasteiger partial charge is 0.490 e. The number of nitrogens with one attached hydrogen (secondary N) is 1. The Morgan fingerprint density at radius 2 is 1.95 bits per heavy atom. The highest BCUT2D eigenvalue weighted by Crippen LogP contribution is 2.53. The van der Waals surface area contributed by atoms with E-state index in [-0.39, 0.29) is 0 Å². The zero-order valence-corrected chi connectivity index (χ0v) is 14.0. The van der Waals surface area contributed by atoms with Crippen LogP contribution in [0.4, 0.5) is 0 Å². The van der Waals surface area contributed by atoms with Crippen molar-refractivity contribution in [3.63, 3.8) is 0 Å². The Labute approximate surface area is 137 Å². The third-order valence-corrected chi connectivity index (χ3v) is 5.93.